The van der Waals surface area contributed by atoms with Crippen molar-refractivity contribution in [1.82, 2.24) is 14.9 Å². The Morgan fingerprint density at radius 3 is 2.87 bits per heavy atom. The number of hydrogen-bond acceptors (Lipinski definition) is 5. The van der Waals surface area contributed by atoms with Crippen LogP contribution in [0.5, 0.6) is 0 Å². The molecule has 0 radical (unpaired) electrons. The molecule has 0 bridgehead atoms. The SMILES string of the molecule is C[C@H]1OCCN[C@@H]1C(=O)Nc1ccc(Sc2nccn2C)cc1. The summed E-state index contributed by atoms with van der Waals surface area (Å²) in [5, 5.41) is 7.04. The van der Waals surface area contributed by atoms with Crippen LogP contribution in [0.15, 0.2) is 46.7 Å². The summed E-state index contributed by atoms with van der Waals surface area (Å²) in [6.45, 7) is 3.24. The number of amides is 1. The molecule has 0 saturated carbocycles. The number of rotatable bonds is 4. The molecule has 122 valence electrons. The molecule has 0 aliphatic carbocycles. The lowest BCUT2D eigenvalue weighted by Crippen LogP contribution is -2.53. The van der Waals surface area contributed by atoms with Crippen LogP contribution in [0, 0.1) is 0 Å². The second-order valence-electron chi connectivity index (χ2n) is 5.44. The Hall–Kier alpha value is -1.83. The van der Waals surface area contributed by atoms with Crippen LogP contribution < -0.4 is 10.6 Å². The van der Waals surface area contributed by atoms with Crippen LogP contribution in [-0.2, 0) is 16.6 Å². The molecule has 3 rings (SSSR count). The maximum atomic E-state index is 12.3. The fraction of sp³-hybridized carbons (Fsp3) is 0.375. The van der Waals surface area contributed by atoms with Gasteiger partial charge in [-0.2, -0.15) is 0 Å². The average Bonchev–Trinajstić information content (AvgIpc) is 2.95. The molecule has 1 aromatic carbocycles. The molecule has 2 atom stereocenters. The van der Waals surface area contributed by atoms with E-state index in [1.807, 2.05) is 49.0 Å². The zero-order chi connectivity index (χ0) is 16.2. The first kappa shape index (κ1) is 16.0. The van der Waals surface area contributed by atoms with E-state index in [4.69, 9.17) is 4.74 Å². The Bertz CT molecular complexity index is 671. The van der Waals surface area contributed by atoms with E-state index in [2.05, 4.69) is 15.6 Å². The van der Waals surface area contributed by atoms with E-state index in [-0.39, 0.29) is 18.1 Å². The second kappa shape index (κ2) is 7.16. The number of hydrogen-bond donors (Lipinski definition) is 2. The molecule has 0 spiro atoms. The fourth-order valence-corrected chi connectivity index (χ4v) is 3.21. The number of aromatic nitrogens is 2. The Labute approximate surface area is 139 Å². The third-order valence-electron chi connectivity index (χ3n) is 3.71. The van der Waals surface area contributed by atoms with Crippen molar-refractivity contribution < 1.29 is 9.53 Å². The highest BCUT2D eigenvalue weighted by atomic mass is 32.2. The minimum absolute atomic E-state index is 0.0679. The summed E-state index contributed by atoms with van der Waals surface area (Å²) >= 11 is 1.58. The van der Waals surface area contributed by atoms with Crippen molar-refractivity contribution in [3.8, 4) is 0 Å². The number of morpholine rings is 1. The highest BCUT2D eigenvalue weighted by molar-refractivity contribution is 7.99. The van der Waals surface area contributed by atoms with Gasteiger partial charge in [-0.25, -0.2) is 4.98 Å². The predicted octanol–water partition coefficient (Wildman–Crippen LogP) is 1.89. The summed E-state index contributed by atoms with van der Waals surface area (Å²) in [6.07, 6.45) is 3.57. The Balaban J connectivity index is 1.61. The van der Waals surface area contributed by atoms with E-state index in [0.29, 0.717) is 13.2 Å². The van der Waals surface area contributed by atoms with Crippen LogP contribution in [0.25, 0.3) is 0 Å². The molecular formula is C16H20N4O2S. The Morgan fingerprint density at radius 1 is 1.43 bits per heavy atom. The molecule has 1 aliphatic heterocycles. The number of ether oxygens (including phenoxy) is 1. The van der Waals surface area contributed by atoms with E-state index < -0.39 is 0 Å². The van der Waals surface area contributed by atoms with Crippen LogP contribution in [0.4, 0.5) is 5.69 Å². The largest absolute Gasteiger partial charge is 0.375 e. The van der Waals surface area contributed by atoms with Crippen LogP contribution in [0.1, 0.15) is 6.92 Å². The highest BCUT2D eigenvalue weighted by Crippen LogP contribution is 2.26. The van der Waals surface area contributed by atoms with Gasteiger partial charge in [0.25, 0.3) is 0 Å². The van der Waals surface area contributed by atoms with Crippen molar-refractivity contribution in [2.45, 2.75) is 29.1 Å². The fourth-order valence-electron chi connectivity index (χ4n) is 2.41. The number of benzene rings is 1. The van der Waals surface area contributed by atoms with Gasteiger partial charge in [0.15, 0.2) is 5.16 Å². The number of nitrogens with one attached hydrogen (secondary N) is 2. The molecule has 23 heavy (non-hydrogen) atoms. The number of carbonyl (C=O) groups excluding carboxylic acids is 1. The van der Waals surface area contributed by atoms with E-state index in [9.17, 15) is 4.79 Å². The molecule has 1 amide bonds. The molecule has 2 heterocycles. The minimum atomic E-state index is -0.314. The summed E-state index contributed by atoms with van der Waals surface area (Å²) in [6, 6.07) is 7.44. The molecule has 2 N–H and O–H groups in total. The van der Waals surface area contributed by atoms with Crippen molar-refractivity contribution in [3.63, 3.8) is 0 Å². The lowest BCUT2D eigenvalue weighted by Gasteiger charge is -2.29. The second-order valence-corrected chi connectivity index (χ2v) is 6.48. The Morgan fingerprint density at radius 2 is 2.22 bits per heavy atom. The van der Waals surface area contributed by atoms with Gasteiger partial charge in [0.05, 0.1) is 12.7 Å². The Kier molecular flexibility index (Phi) is 5.00. The normalized spacial score (nSPS) is 21.1. The highest BCUT2D eigenvalue weighted by Gasteiger charge is 2.28. The van der Waals surface area contributed by atoms with E-state index in [1.54, 1.807) is 18.0 Å². The molecule has 0 unspecified atom stereocenters. The van der Waals surface area contributed by atoms with E-state index >= 15 is 0 Å². The van der Waals surface area contributed by atoms with Crippen LogP contribution in [0.2, 0.25) is 0 Å². The molecule has 1 saturated heterocycles. The first-order valence-electron chi connectivity index (χ1n) is 7.54. The molecule has 6 nitrogen and oxygen atoms in total. The standard InChI is InChI=1S/C16H20N4O2S/c1-11-14(17-8-10-22-11)15(21)19-12-3-5-13(6-4-12)23-16-18-7-9-20(16)2/h3-7,9,11,14,17H,8,10H2,1-2H3,(H,19,21)/t11-,14+/m1/s1. The molecule has 7 heteroatoms. The van der Waals surface area contributed by atoms with Crippen LogP contribution in [0.3, 0.4) is 0 Å². The minimum Gasteiger partial charge on any atom is -0.375 e. The van der Waals surface area contributed by atoms with Crippen molar-refractivity contribution in [3.05, 3.63) is 36.7 Å². The maximum Gasteiger partial charge on any atom is 0.244 e. The van der Waals surface area contributed by atoms with Crippen LogP contribution in [-0.4, -0.2) is 40.8 Å². The molecule has 2 aromatic rings. The quantitative estimate of drug-likeness (QED) is 0.895. The van der Waals surface area contributed by atoms with Crippen LogP contribution >= 0.6 is 11.8 Å². The molecule has 1 fully saturated rings. The van der Waals surface area contributed by atoms with E-state index in [0.717, 1.165) is 15.7 Å². The summed E-state index contributed by atoms with van der Waals surface area (Å²) < 4.78 is 7.47. The maximum absolute atomic E-state index is 12.3. The number of aryl methyl sites for hydroxylation is 1. The van der Waals surface area contributed by atoms with Gasteiger partial charge in [0, 0.05) is 36.6 Å². The zero-order valence-electron chi connectivity index (χ0n) is 13.2. The van der Waals surface area contributed by atoms with Gasteiger partial charge in [-0.05, 0) is 31.2 Å². The topological polar surface area (TPSA) is 68.2 Å². The van der Waals surface area contributed by atoms with Gasteiger partial charge in [-0.1, -0.05) is 11.8 Å². The number of anilines is 1. The summed E-state index contributed by atoms with van der Waals surface area (Å²) in [5.74, 6) is -0.0679. The number of nitrogens with zero attached hydrogens (tertiary/aromatic N) is 2. The lowest BCUT2D eigenvalue weighted by atomic mass is 10.1. The summed E-state index contributed by atoms with van der Waals surface area (Å²) in [7, 11) is 1.96. The third-order valence-corrected chi connectivity index (χ3v) is 4.79. The molecule has 1 aromatic heterocycles. The summed E-state index contributed by atoms with van der Waals surface area (Å²) in [4.78, 5) is 17.7. The third kappa shape index (κ3) is 3.93. The zero-order valence-corrected chi connectivity index (χ0v) is 14.0. The molecule has 1 aliphatic rings. The first-order valence-corrected chi connectivity index (χ1v) is 8.36. The van der Waals surface area contributed by atoms with Gasteiger partial charge in [-0.3, -0.25) is 4.79 Å². The van der Waals surface area contributed by atoms with Gasteiger partial charge in [0.1, 0.15) is 6.04 Å². The average molecular weight is 332 g/mol. The van der Waals surface area contributed by atoms with Gasteiger partial charge < -0.3 is 19.9 Å². The van der Waals surface area contributed by atoms with Crippen molar-refractivity contribution in [2.75, 3.05) is 18.5 Å². The van der Waals surface area contributed by atoms with Gasteiger partial charge in [-0.15, -0.1) is 0 Å². The van der Waals surface area contributed by atoms with Crippen molar-refractivity contribution in [2.24, 2.45) is 7.05 Å². The molecular weight excluding hydrogens is 312 g/mol. The smallest absolute Gasteiger partial charge is 0.244 e. The number of carbonyl (C=O) groups is 1. The van der Waals surface area contributed by atoms with Crippen molar-refractivity contribution >= 4 is 23.4 Å². The predicted molar refractivity (Wildman–Crippen MR) is 89.6 cm³/mol. The first-order chi connectivity index (χ1) is 11.1. The van der Waals surface area contributed by atoms with Gasteiger partial charge >= 0.3 is 0 Å². The summed E-state index contributed by atoms with van der Waals surface area (Å²) in [5.41, 5.74) is 0.777. The number of imidazole rings is 1. The van der Waals surface area contributed by atoms with E-state index in [1.165, 1.54) is 0 Å². The van der Waals surface area contributed by atoms with Crippen molar-refractivity contribution in [1.29, 1.82) is 0 Å². The van der Waals surface area contributed by atoms with Gasteiger partial charge in [0.2, 0.25) is 5.91 Å². The lowest BCUT2D eigenvalue weighted by molar-refractivity contribution is -0.123. The monoisotopic (exact) mass is 332 g/mol.